The van der Waals surface area contributed by atoms with E-state index in [0.29, 0.717) is 9.16 Å². The second kappa shape index (κ2) is 5.90. The summed E-state index contributed by atoms with van der Waals surface area (Å²) < 4.78 is 1.92. The highest BCUT2D eigenvalue weighted by Gasteiger charge is 2.26. The number of fused-ring (bicyclic) bond motifs is 1. The van der Waals surface area contributed by atoms with Gasteiger partial charge in [0.1, 0.15) is 9.86 Å². The summed E-state index contributed by atoms with van der Waals surface area (Å²) in [5.41, 5.74) is 0.432. The van der Waals surface area contributed by atoms with E-state index in [0.717, 1.165) is 4.34 Å². The van der Waals surface area contributed by atoms with Gasteiger partial charge in [0.15, 0.2) is 0 Å². The number of para-hydroxylation sites is 2. The Morgan fingerprint density at radius 1 is 1.45 bits per heavy atom. The first-order valence-corrected chi connectivity index (χ1v) is 8.26. The molecule has 112 valence electrons. The van der Waals surface area contributed by atoms with Crippen LogP contribution in [0.5, 0.6) is 0 Å². The number of thioether (sulfide) groups is 1. The number of hydrogen-bond acceptors (Lipinski definition) is 6. The largest absolute Gasteiger partial charge is 0.805 e. The molecule has 22 heavy (non-hydrogen) atoms. The number of ketones is 1. The Morgan fingerprint density at radius 3 is 2.95 bits per heavy atom. The van der Waals surface area contributed by atoms with Crippen molar-refractivity contribution in [3.63, 3.8) is 0 Å². The summed E-state index contributed by atoms with van der Waals surface area (Å²) in [6.45, 7) is 1.48. The highest BCUT2D eigenvalue weighted by molar-refractivity contribution is 8.01. The molecule has 0 aliphatic heterocycles. The molecule has 2 aromatic heterocycles. The van der Waals surface area contributed by atoms with Crippen LogP contribution in [0.2, 0.25) is 0 Å². The molecular formula is C14H11N3O3S2. The second-order valence-corrected chi connectivity index (χ2v) is 6.64. The molecule has 1 aromatic carbocycles. The topological polar surface area (TPSA) is 80.9 Å². The van der Waals surface area contributed by atoms with Crippen molar-refractivity contribution >= 4 is 39.9 Å². The molecule has 0 saturated heterocycles. The molecule has 3 aromatic rings. The van der Waals surface area contributed by atoms with Gasteiger partial charge < -0.3 is 9.94 Å². The van der Waals surface area contributed by atoms with Gasteiger partial charge >= 0.3 is 5.69 Å². The van der Waals surface area contributed by atoms with E-state index in [2.05, 4.69) is 4.98 Å². The summed E-state index contributed by atoms with van der Waals surface area (Å²) in [4.78, 5) is 28.9. The summed E-state index contributed by atoms with van der Waals surface area (Å²) in [6.07, 6.45) is 1.65. The predicted octanol–water partition coefficient (Wildman–Crippen LogP) is 2.64. The SMILES string of the molecule is Cc1c(C(=O)CSc2nccs2)[n+](=O)c2ccccc2n1[O-]. The van der Waals surface area contributed by atoms with Gasteiger partial charge in [-0.05, 0) is 13.0 Å². The number of carbonyl (C=O) groups excluding carboxylic acids is 1. The Labute approximate surface area is 133 Å². The molecule has 6 nitrogen and oxygen atoms in total. The molecule has 8 heteroatoms. The lowest BCUT2D eigenvalue weighted by Gasteiger charge is -2.15. The molecule has 0 amide bonds. The van der Waals surface area contributed by atoms with Gasteiger partial charge in [-0.15, -0.1) is 11.3 Å². The third-order valence-electron chi connectivity index (χ3n) is 3.17. The maximum Gasteiger partial charge on any atom is 0.325 e. The van der Waals surface area contributed by atoms with Crippen LogP contribution in [-0.4, -0.2) is 21.3 Å². The quantitative estimate of drug-likeness (QED) is 0.416. The van der Waals surface area contributed by atoms with Crippen LogP contribution in [0.15, 0.2) is 40.2 Å². The molecule has 0 unspecified atom stereocenters. The summed E-state index contributed by atoms with van der Waals surface area (Å²) >= 11 is 2.67. The summed E-state index contributed by atoms with van der Waals surface area (Å²) in [7, 11) is 0. The number of carbonyl (C=O) groups is 1. The van der Waals surface area contributed by atoms with Gasteiger partial charge in [0.25, 0.3) is 5.52 Å². The van der Waals surface area contributed by atoms with Gasteiger partial charge in [-0.1, -0.05) is 23.9 Å². The minimum Gasteiger partial charge on any atom is -0.805 e. The van der Waals surface area contributed by atoms with Crippen molar-refractivity contribution in [2.75, 3.05) is 5.75 Å². The van der Waals surface area contributed by atoms with Crippen LogP contribution in [0.1, 0.15) is 16.2 Å². The van der Waals surface area contributed by atoms with Crippen molar-refractivity contribution in [1.29, 1.82) is 0 Å². The van der Waals surface area contributed by atoms with Gasteiger partial charge in [0.2, 0.25) is 5.78 Å². The van der Waals surface area contributed by atoms with Gasteiger partial charge in [0.05, 0.1) is 15.9 Å². The molecule has 0 saturated carbocycles. The number of thiazole rings is 1. The number of hydrogen-bond donors (Lipinski definition) is 0. The zero-order valence-corrected chi connectivity index (χ0v) is 13.2. The van der Waals surface area contributed by atoms with E-state index in [9.17, 15) is 14.9 Å². The molecule has 0 aliphatic carbocycles. The van der Waals surface area contributed by atoms with E-state index in [4.69, 9.17) is 0 Å². The molecular weight excluding hydrogens is 322 g/mol. The zero-order chi connectivity index (χ0) is 15.7. The third kappa shape index (κ3) is 2.51. The van der Waals surface area contributed by atoms with Crippen LogP contribution in [0.3, 0.4) is 0 Å². The van der Waals surface area contributed by atoms with Gasteiger partial charge in [-0.3, -0.25) is 4.79 Å². The molecule has 2 heterocycles. The van der Waals surface area contributed by atoms with E-state index in [1.54, 1.807) is 24.4 Å². The van der Waals surface area contributed by atoms with E-state index >= 15 is 0 Å². The molecule has 3 rings (SSSR count). The lowest BCUT2D eigenvalue weighted by atomic mass is 10.2. The van der Waals surface area contributed by atoms with Crippen LogP contribution in [0, 0.1) is 17.0 Å². The normalized spacial score (nSPS) is 11.0. The average Bonchev–Trinajstić information content (AvgIpc) is 3.04. The highest BCUT2D eigenvalue weighted by Crippen LogP contribution is 2.22. The Morgan fingerprint density at radius 2 is 2.23 bits per heavy atom. The van der Waals surface area contributed by atoms with Crippen molar-refractivity contribution in [2.24, 2.45) is 0 Å². The summed E-state index contributed by atoms with van der Waals surface area (Å²) in [5.74, 6) is -0.322. The van der Waals surface area contributed by atoms with Crippen LogP contribution in [-0.2, 0) is 0 Å². The third-order valence-corrected chi connectivity index (χ3v) is 5.14. The molecule has 0 aliphatic rings. The Bertz CT molecular complexity index is 904. The fourth-order valence-corrected chi connectivity index (χ4v) is 3.65. The minimum absolute atomic E-state index is 0.0644. The number of nitrogens with zero attached hydrogens (tertiary/aromatic N) is 3. The van der Waals surface area contributed by atoms with E-state index < -0.39 is 0 Å². The average molecular weight is 333 g/mol. The van der Waals surface area contributed by atoms with Crippen LogP contribution in [0.25, 0.3) is 11.0 Å². The molecule has 0 fully saturated rings. The van der Waals surface area contributed by atoms with Crippen molar-refractivity contribution in [3.8, 4) is 0 Å². The minimum atomic E-state index is -0.386. The molecule has 0 N–H and O–H groups in total. The van der Waals surface area contributed by atoms with Gasteiger partial charge in [0, 0.05) is 22.6 Å². The molecule has 0 bridgehead atoms. The number of benzene rings is 1. The lowest BCUT2D eigenvalue weighted by Crippen LogP contribution is -2.31. The fraction of sp³-hybridized carbons (Fsp3) is 0.143. The Balaban J connectivity index is 2.03. The maximum absolute atomic E-state index is 12.4. The Hall–Kier alpha value is -2.19. The zero-order valence-electron chi connectivity index (χ0n) is 11.6. The van der Waals surface area contributed by atoms with Crippen molar-refractivity contribution < 1.29 is 9.22 Å². The number of rotatable bonds is 4. The standard InChI is InChI=1S/C14H11N3O3S2/c1-9-13(12(18)8-22-14-15-6-7-21-14)17(20)11-5-3-2-4-10(11)16(9)19/h2-7H,8H2,1H3. The summed E-state index contributed by atoms with van der Waals surface area (Å²) in [6, 6.07) is 6.42. The van der Waals surface area contributed by atoms with E-state index in [1.165, 1.54) is 36.1 Å². The molecule has 0 spiro atoms. The van der Waals surface area contributed by atoms with E-state index in [1.807, 2.05) is 5.38 Å². The highest BCUT2D eigenvalue weighted by atomic mass is 32.2. The lowest BCUT2D eigenvalue weighted by molar-refractivity contribution is -0.468. The van der Waals surface area contributed by atoms with E-state index in [-0.39, 0.29) is 34.0 Å². The number of Topliss-reactive ketones (excluding diaryl/α,β-unsaturated/α-hetero) is 1. The first-order valence-electron chi connectivity index (χ1n) is 6.39. The molecule has 0 radical (unpaired) electrons. The Kier molecular flexibility index (Phi) is 3.95. The van der Waals surface area contributed by atoms with Gasteiger partial charge in [-0.25, -0.2) is 4.98 Å². The maximum atomic E-state index is 12.4. The van der Waals surface area contributed by atoms with Gasteiger partial charge in [-0.2, -0.15) is 0 Å². The smallest absolute Gasteiger partial charge is 0.325 e. The monoisotopic (exact) mass is 333 g/mol. The number of aromatic nitrogens is 3. The first kappa shape index (κ1) is 14.7. The van der Waals surface area contributed by atoms with Crippen LogP contribution in [0.4, 0.5) is 0 Å². The molecule has 0 atom stereocenters. The summed E-state index contributed by atoms with van der Waals surface area (Å²) in [5, 5.41) is 14.0. The van der Waals surface area contributed by atoms with Crippen molar-refractivity contribution in [2.45, 2.75) is 11.3 Å². The predicted molar refractivity (Wildman–Crippen MR) is 86.0 cm³/mol. The van der Waals surface area contributed by atoms with Crippen LogP contribution >= 0.6 is 23.1 Å². The van der Waals surface area contributed by atoms with Crippen molar-refractivity contribution in [1.82, 2.24) is 9.71 Å². The van der Waals surface area contributed by atoms with Crippen LogP contribution < -0.4 is 4.43 Å². The van der Waals surface area contributed by atoms with Crippen molar-refractivity contribution in [3.05, 3.63) is 57.3 Å². The second-order valence-electron chi connectivity index (χ2n) is 4.52. The first-order chi connectivity index (χ1) is 10.6. The fourth-order valence-electron chi connectivity index (χ4n) is 2.14.